The Morgan fingerprint density at radius 2 is 1.86 bits per heavy atom. The van der Waals surface area contributed by atoms with Crippen LogP contribution in [0.5, 0.6) is 11.6 Å². The van der Waals surface area contributed by atoms with E-state index in [9.17, 15) is 14.7 Å². The van der Waals surface area contributed by atoms with E-state index in [0.717, 1.165) is 77.9 Å². The fourth-order valence-electron chi connectivity index (χ4n) is 4.12. The van der Waals surface area contributed by atoms with Gasteiger partial charge in [-0.25, -0.2) is 9.36 Å². The lowest BCUT2D eigenvalue weighted by atomic mass is 9.98. The highest BCUT2D eigenvalue weighted by Crippen LogP contribution is 2.25. The van der Waals surface area contributed by atoms with Crippen LogP contribution in [-0.4, -0.2) is 33.5 Å². The molecule has 9 heteroatoms. The number of carbonyl (C=O) groups excluding carboxylic acids is 1. The van der Waals surface area contributed by atoms with Gasteiger partial charge in [-0.05, 0) is 61.4 Å². The Balaban J connectivity index is 1.26. The lowest BCUT2D eigenvalue weighted by molar-refractivity contribution is -0.00500. The summed E-state index contributed by atoms with van der Waals surface area (Å²) in [6, 6.07) is 11.6. The van der Waals surface area contributed by atoms with Crippen molar-refractivity contribution in [1.29, 1.82) is 0 Å². The van der Waals surface area contributed by atoms with Crippen molar-refractivity contribution < 1.29 is 24.1 Å². The van der Waals surface area contributed by atoms with Gasteiger partial charge in [0.2, 0.25) is 5.88 Å². The first-order valence-corrected chi connectivity index (χ1v) is 13.2. The lowest BCUT2D eigenvalue weighted by Crippen LogP contribution is -2.23. The number of aromatic hydroxyl groups is 1. The number of hydrogen-bond donors (Lipinski definition) is 1. The smallest absolute Gasteiger partial charge is 0.494 e. The number of nitrogens with zero attached hydrogens (tertiary/aromatic N) is 2. The molecule has 0 radical (unpaired) electrons. The number of aryl methyl sites for hydroxylation is 1. The molecule has 0 saturated heterocycles. The SMILES string of the molecule is CCc1ccc(CCOc2ccc(Cc3sc(=O)n(COC(=O)OC4CCCCC4)c3O)cc2)nc1. The van der Waals surface area contributed by atoms with Gasteiger partial charge in [0.05, 0.1) is 11.5 Å². The summed E-state index contributed by atoms with van der Waals surface area (Å²) in [5.41, 5.74) is 3.12. The van der Waals surface area contributed by atoms with E-state index < -0.39 is 11.0 Å². The van der Waals surface area contributed by atoms with Crippen LogP contribution in [-0.2, 0) is 35.5 Å². The number of rotatable bonds is 10. The molecule has 0 aliphatic heterocycles. The Morgan fingerprint density at radius 3 is 2.56 bits per heavy atom. The Morgan fingerprint density at radius 1 is 1.11 bits per heavy atom. The van der Waals surface area contributed by atoms with E-state index >= 15 is 0 Å². The van der Waals surface area contributed by atoms with Gasteiger partial charge in [-0.2, -0.15) is 0 Å². The summed E-state index contributed by atoms with van der Waals surface area (Å²) in [4.78, 5) is 28.9. The highest BCUT2D eigenvalue weighted by molar-refractivity contribution is 7.09. The van der Waals surface area contributed by atoms with Gasteiger partial charge in [0.25, 0.3) is 0 Å². The first-order chi connectivity index (χ1) is 17.5. The molecule has 1 aliphatic carbocycles. The minimum Gasteiger partial charge on any atom is -0.494 e. The summed E-state index contributed by atoms with van der Waals surface area (Å²) in [6.45, 7) is 2.24. The number of ether oxygens (including phenoxy) is 3. The molecule has 3 aromatic rings. The zero-order chi connectivity index (χ0) is 25.3. The highest BCUT2D eigenvalue weighted by Gasteiger charge is 2.20. The molecule has 1 fully saturated rings. The van der Waals surface area contributed by atoms with E-state index in [0.29, 0.717) is 17.9 Å². The largest absolute Gasteiger partial charge is 0.510 e. The molecule has 0 unspecified atom stereocenters. The van der Waals surface area contributed by atoms with Crippen LogP contribution in [0.15, 0.2) is 47.4 Å². The number of benzene rings is 1. The standard InChI is InChI=1S/C27H32N2O6S/c1-2-19-8-11-21(28-17-19)14-15-33-22-12-9-20(10-13-22)16-24-25(30)29(26(31)36-24)18-34-27(32)35-23-6-4-3-5-7-23/h8-13,17,23,30H,2-7,14-16,18H2,1H3. The van der Waals surface area contributed by atoms with Gasteiger partial charge in [-0.3, -0.25) is 9.78 Å². The highest BCUT2D eigenvalue weighted by atomic mass is 32.1. The van der Waals surface area contributed by atoms with Crippen LogP contribution < -0.4 is 9.61 Å². The number of carbonyl (C=O) groups is 1. The van der Waals surface area contributed by atoms with Crippen LogP contribution in [0.1, 0.15) is 60.7 Å². The molecule has 1 N–H and O–H groups in total. The molecule has 1 aromatic carbocycles. The topological polar surface area (TPSA) is 99.9 Å². The van der Waals surface area contributed by atoms with Crippen molar-refractivity contribution in [3.8, 4) is 11.6 Å². The molecule has 0 atom stereocenters. The summed E-state index contributed by atoms with van der Waals surface area (Å²) >= 11 is 0.928. The molecule has 8 nitrogen and oxygen atoms in total. The van der Waals surface area contributed by atoms with Gasteiger partial charge in [0.15, 0.2) is 6.73 Å². The van der Waals surface area contributed by atoms with Crippen molar-refractivity contribution in [3.63, 3.8) is 0 Å². The van der Waals surface area contributed by atoms with Gasteiger partial charge >= 0.3 is 11.0 Å². The van der Waals surface area contributed by atoms with Crippen molar-refractivity contribution in [3.05, 3.63) is 74.0 Å². The van der Waals surface area contributed by atoms with Gasteiger partial charge in [0, 0.05) is 24.7 Å². The third-order valence-electron chi connectivity index (χ3n) is 6.27. The Hall–Kier alpha value is -3.33. The van der Waals surface area contributed by atoms with Gasteiger partial charge < -0.3 is 19.3 Å². The van der Waals surface area contributed by atoms with Crippen molar-refractivity contribution in [2.45, 2.75) is 71.1 Å². The molecule has 1 saturated carbocycles. The molecule has 2 heterocycles. The minimum atomic E-state index is -0.815. The third kappa shape index (κ3) is 7.10. The fraction of sp³-hybridized carbons (Fsp3) is 0.444. The van der Waals surface area contributed by atoms with Crippen LogP contribution in [0, 0.1) is 0 Å². The van der Waals surface area contributed by atoms with Crippen LogP contribution in [0.4, 0.5) is 4.79 Å². The first-order valence-electron chi connectivity index (χ1n) is 12.4. The van der Waals surface area contributed by atoms with Crippen LogP contribution in [0.2, 0.25) is 0 Å². The van der Waals surface area contributed by atoms with Crippen LogP contribution in [0.3, 0.4) is 0 Å². The molecule has 2 aromatic heterocycles. The molecule has 0 spiro atoms. The maximum Gasteiger partial charge on any atom is 0.510 e. The second-order valence-corrected chi connectivity index (χ2v) is 9.92. The average molecular weight is 513 g/mol. The monoisotopic (exact) mass is 512 g/mol. The van der Waals surface area contributed by atoms with Crippen LogP contribution >= 0.6 is 11.3 Å². The van der Waals surface area contributed by atoms with E-state index in [1.165, 1.54) is 5.56 Å². The molecule has 1 aliphatic rings. The van der Waals surface area contributed by atoms with Gasteiger partial charge in [-0.1, -0.05) is 42.9 Å². The lowest BCUT2D eigenvalue weighted by Gasteiger charge is -2.21. The normalized spacial score (nSPS) is 13.9. The summed E-state index contributed by atoms with van der Waals surface area (Å²) < 4.78 is 17.2. The molecular weight excluding hydrogens is 480 g/mol. The Bertz CT molecular complexity index is 1180. The van der Waals surface area contributed by atoms with E-state index in [2.05, 4.69) is 18.0 Å². The van der Waals surface area contributed by atoms with E-state index in [-0.39, 0.29) is 18.7 Å². The number of thiazole rings is 1. The third-order valence-corrected chi connectivity index (χ3v) is 7.24. The quantitative estimate of drug-likeness (QED) is 0.371. The number of hydrogen-bond acceptors (Lipinski definition) is 8. The molecule has 0 bridgehead atoms. The van der Waals surface area contributed by atoms with Crippen molar-refractivity contribution in [2.24, 2.45) is 0 Å². The molecular formula is C27H32N2O6S. The zero-order valence-electron chi connectivity index (χ0n) is 20.5. The second kappa shape index (κ2) is 12.6. The maximum atomic E-state index is 12.3. The van der Waals surface area contributed by atoms with Crippen molar-refractivity contribution >= 4 is 17.5 Å². The van der Waals surface area contributed by atoms with Crippen molar-refractivity contribution in [2.75, 3.05) is 6.61 Å². The van der Waals surface area contributed by atoms with E-state index in [1.807, 2.05) is 36.5 Å². The Kier molecular flexibility index (Phi) is 9.00. The van der Waals surface area contributed by atoms with Gasteiger partial charge in [-0.15, -0.1) is 0 Å². The number of pyridine rings is 1. The summed E-state index contributed by atoms with van der Waals surface area (Å²) in [5.74, 6) is 0.543. The predicted molar refractivity (Wildman–Crippen MR) is 137 cm³/mol. The molecule has 192 valence electrons. The van der Waals surface area contributed by atoms with E-state index in [1.54, 1.807) is 0 Å². The zero-order valence-corrected chi connectivity index (χ0v) is 21.3. The summed E-state index contributed by atoms with van der Waals surface area (Å²) in [7, 11) is 0. The van der Waals surface area contributed by atoms with E-state index in [4.69, 9.17) is 14.2 Å². The molecule has 0 amide bonds. The van der Waals surface area contributed by atoms with Crippen LogP contribution in [0.25, 0.3) is 0 Å². The van der Waals surface area contributed by atoms with Gasteiger partial charge in [0.1, 0.15) is 11.9 Å². The maximum absolute atomic E-state index is 12.3. The minimum absolute atomic E-state index is 0.134. The fourth-order valence-corrected chi connectivity index (χ4v) is 5.02. The summed E-state index contributed by atoms with van der Waals surface area (Å²) in [6.07, 6.45) is 7.89. The first kappa shape index (κ1) is 25.8. The average Bonchev–Trinajstić information content (AvgIpc) is 3.16. The Labute approximate surface area is 214 Å². The number of aromatic nitrogens is 2. The second-order valence-electron chi connectivity index (χ2n) is 8.87. The summed E-state index contributed by atoms with van der Waals surface area (Å²) in [5, 5.41) is 10.5. The molecule has 4 rings (SSSR count). The predicted octanol–water partition coefficient (Wildman–Crippen LogP) is 5.23. The molecule has 36 heavy (non-hydrogen) atoms. The van der Waals surface area contributed by atoms with Crippen molar-refractivity contribution in [1.82, 2.24) is 9.55 Å².